The van der Waals surface area contributed by atoms with Crippen molar-refractivity contribution in [2.75, 3.05) is 10.6 Å². The van der Waals surface area contributed by atoms with Crippen LogP contribution in [0.25, 0.3) is 0 Å². The van der Waals surface area contributed by atoms with Gasteiger partial charge in [0.1, 0.15) is 11.5 Å². The molecule has 0 aliphatic heterocycles. The monoisotopic (exact) mass is 640 g/mol. The Kier molecular flexibility index (Phi) is 11.5. The number of esters is 2. The Morgan fingerprint density at radius 3 is 1.60 bits per heavy atom. The first-order valence-electron chi connectivity index (χ1n) is 15.6. The van der Waals surface area contributed by atoms with Crippen LogP contribution in [0.1, 0.15) is 94.6 Å². The fourth-order valence-electron chi connectivity index (χ4n) is 4.95. The lowest BCUT2D eigenvalue weighted by Crippen LogP contribution is -2.21. The van der Waals surface area contributed by atoms with Gasteiger partial charge < -0.3 is 20.1 Å². The quantitative estimate of drug-likeness (QED) is 0.156. The summed E-state index contributed by atoms with van der Waals surface area (Å²) >= 11 is 0. The molecule has 0 radical (unpaired) electrons. The zero-order valence-electron chi connectivity index (χ0n) is 30.0. The molecular formula is C37H48N6O4. The summed E-state index contributed by atoms with van der Waals surface area (Å²) < 4.78 is 10.9. The summed E-state index contributed by atoms with van der Waals surface area (Å²) in [7, 11) is 0. The number of hydrogen-bond donors (Lipinski definition) is 2. The Bertz CT molecular complexity index is 1700. The van der Waals surface area contributed by atoms with E-state index in [-0.39, 0.29) is 22.8 Å². The lowest BCUT2D eigenvalue weighted by molar-refractivity contribution is -0.133. The van der Waals surface area contributed by atoms with Crippen molar-refractivity contribution in [2.24, 2.45) is 0 Å². The second kappa shape index (κ2) is 14.7. The van der Waals surface area contributed by atoms with Gasteiger partial charge in [0.15, 0.2) is 0 Å². The van der Waals surface area contributed by atoms with Gasteiger partial charge >= 0.3 is 11.9 Å². The second-order valence-corrected chi connectivity index (χ2v) is 13.7. The fourth-order valence-corrected chi connectivity index (χ4v) is 4.95. The smallest absolute Gasteiger partial charge is 0.308 e. The van der Waals surface area contributed by atoms with Gasteiger partial charge in [-0.1, -0.05) is 41.5 Å². The van der Waals surface area contributed by atoms with E-state index in [1.165, 1.54) is 13.8 Å². The van der Waals surface area contributed by atoms with E-state index in [2.05, 4.69) is 72.1 Å². The van der Waals surface area contributed by atoms with E-state index in [1.54, 1.807) is 18.5 Å². The van der Waals surface area contributed by atoms with Crippen molar-refractivity contribution in [2.45, 2.75) is 101 Å². The molecule has 2 N–H and O–H groups in total. The Morgan fingerprint density at radius 2 is 1.13 bits per heavy atom. The van der Waals surface area contributed by atoms with Crippen LogP contribution < -0.4 is 20.1 Å². The van der Waals surface area contributed by atoms with Gasteiger partial charge in [-0.05, 0) is 92.5 Å². The highest BCUT2D eigenvalue weighted by Gasteiger charge is 2.29. The van der Waals surface area contributed by atoms with Gasteiger partial charge in [-0.25, -0.2) is 19.9 Å². The van der Waals surface area contributed by atoms with E-state index in [1.807, 2.05) is 58.9 Å². The van der Waals surface area contributed by atoms with Crippen LogP contribution in [0, 0.1) is 34.6 Å². The normalized spacial score (nSPS) is 11.3. The van der Waals surface area contributed by atoms with Gasteiger partial charge in [-0.2, -0.15) is 0 Å². The van der Waals surface area contributed by atoms with Crippen LogP contribution in [-0.2, 0) is 20.4 Å². The van der Waals surface area contributed by atoms with Gasteiger partial charge in [0.25, 0.3) is 0 Å². The minimum Gasteiger partial charge on any atom is -0.426 e. The fraction of sp³-hybridized carbons (Fsp3) is 0.405. The summed E-state index contributed by atoms with van der Waals surface area (Å²) in [4.78, 5) is 40.1. The average Bonchev–Trinajstić information content (AvgIpc) is 2.93. The predicted octanol–water partition coefficient (Wildman–Crippen LogP) is 8.43. The molecule has 0 saturated carbocycles. The molecule has 47 heavy (non-hydrogen) atoms. The highest BCUT2D eigenvalue weighted by molar-refractivity contribution is 5.74. The third-order valence-electron chi connectivity index (χ3n) is 7.27. The average molecular weight is 641 g/mol. The maximum absolute atomic E-state index is 11.8. The number of benzene rings is 2. The van der Waals surface area contributed by atoms with Gasteiger partial charge in [0.05, 0.1) is 0 Å². The molecule has 0 spiro atoms. The summed E-state index contributed by atoms with van der Waals surface area (Å²) in [5.41, 5.74) is 7.96. The van der Waals surface area contributed by atoms with Crippen molar-refractivity contribution in [3.63, 3.8) is 0 Å². The van der Waals surface area contributed by atoms with Crippen molar-refractivity contribution >= 4 is 35.2 Å². The van der Waals surface area contributed by atoms with E-state index in [9.17, 15) is 9.59 Å². The summed E-state index contributed by atoms with van der Waals surface area (Å²) in [6, 6.07) is 9.68. The second-order valence-electron chi connectivity index (χ2n) is 13.7. The number of nitrogens with zero attached hydrogens (tertiary/aromatic N) is 4. The first-order valence-corrected chi connectivity index (χ1v) is 15.6. The molecule has 2 aromatic carbocycles. The molecular weight excluding hydrogens is 592 g/mol. The van der Waals surface area contributed by atoms with Crippen LogP contribution in [0.5, 0.6) is 11.5 Å². The van der Waals surface area contributed by atoms with E-state index in [0.29, 0.717) is 23.4 Å². The number of aryl methyl sites for hydroxylation is 3. The topological polar surface area (TPSA) is 128 Å². The number of aromatic nitrogens is 4. The SMILES string of the molecule is CC(=O)Oc1c(C(C)(C)C)cc(Nc2nc(C)cc(C)n2)cc1C(C)(C)C.CC(=O)Oc1c(C)cc(Nc2ncccn2)c(C)c1C. The van der Waals surface area contributed by atoms with Crippen molar-refractivity contribution in [3.8, 4) is 11.5 Å². The third kappa shape index (κ3) is 10.1. The van der Waals surface area contributed by atoms with Crippen LogP contribution in [0.4, 0.5) is 23.3 Å². The van der Waals surface area contributed by atoms with Gasteiger partial charge in [-0.15, -0.1) is 0 Å². The van der Waals surface area contributed by atoms with Gasteiger partial charge in [0.2, 0.25) is 11.9 Å². The number of carbonyl (C=O) groups is 2. The maximum Gasteiger partial charge on any atom is 0.308 e. The molecule has 0 atom stereocenters. The largest absolute Gasteiger partial charge is 0.426 e. The van der Waals surface area contributed by atoms with Crippen molar-refractivity contribution in [3.05, 3.63) is 81.9 Å². The highest BCUT2D eigenvalue weighted by atomic mass is 16.5. The molecule has 250 valence electrons. The maximum atomic E-state index is 11.8. The molecule has 0 aliphatic rings. The van der Waals surface area contributed by atoms with E-state index in [4.69, 9.17) is 9.47 Å². The summed E-state index contributed by atoms with van der Waals surface area (Å²) in [6.07, 6.45) is 3.36. The number of rotatable bonds is 6. The van der Waals surface area contributed by atoms with Crippen LogP contribution in [0.15, 0.2) is 42.7 Å². The first kappa shape index (κ1) is 36.6. The van der Waals surface area contributed by atoms with Crippen LogP contribution >= 0.6 is 0 Å². The molecule has 10 heteroatoms. The van der Waals surface area contributed by atoms with Crippen LogP contribution in [-0.4, -0.2) is 31.9 Å². The molecule has 0 unspecified atom stereocenters. The van der Waals surface area contributed by atoms with E-state index in [0.717, 1.165) is 50.6 Å². The minimum absolute atomic E-state index is 0.203. The molecule has 0 amide bonds. The Balaban J connectivity index is 0.000000267. The summed E-state index contributed by atoms with van der Waals surface area (Å²) in [6.45, 7) is 25.2. The minimum atomic E-state index is -0.317. The molecule has 0 saturated heterocycles. The summed E-state index contributed by atoms with van der Waals surface area (Å²) in [5, 5.41) is 6.50. The number of hydrogen-bond acceptors (Lipinski definition) is 10. The van der Waals surface area contributed by atoms with Crippen LogP contribution in [0.3, 0.4) is 0 Å². The standard InChI is InChI=1S/C22H31N3O2.C15H17N3O2/c1-13-10-14(2)24-20(23-13)25-16-11-17(21(4,5)6)19(27-15(3)26)18(12-16)22(7,8)9;1-9-8-13(18-15-16-6-5-7-17-15)10(2)11(3)14(9)20-12(4)19/h10-12H,1-9H3,(H,23,24,25);5-8H,1-4H3,(H,16,17,18). The number of carbonyl (C=O) groups excluding carboxylic acids is 2. The lowest BCUT2D eigenvalue weighted by Gasteiger charge is -2.30. The molecule has 4 rings (SSSR count). The van der Waals surface area contributed by atoms with Crippen molar-refractivity contribution in [1.82, 2.24) is 19.9 Å². The summed E-state index contributed by atoms with van der Waals surface area (Å²) in [5.74, 6) is 1.73. The molecule has 2 heterocycles. The Morgan fingerprint density at radius 1 is 0.638 bits per heavy atom. The number of nitrogens with one attached hydrogen (secondary N) is 2. The van der Waals surface area contributed by atoms with E-state index >= 15 is 0 Å². The molecule has 2 aromatic heterocycles. The molecule has 10 nitrogen and oxygen atoms in total. The lowest BCUT2D eigenvalue weighted by atomic mass is 9.79. The molecule has 0 bridgehead atoms. The molecule has 4 aromatic rings. The zero-order chi connectivity index (χ0) is 35.3. The zero-order valence-corrected chi connectivity index (χ0v) is 30.0. The van der Waals surface area contributed by atoms with Gasteiger partial charge in [-0.3, -0.25) is 9.59 Å². The number of ether oxygens (including phenoxy) is 2. The van der Waals surface area contributed by atoms with Crippen molar-refractivity contribution < 1.29 is 19.1 Å². The van der Waals surface area contributed by atoms with Crippen molar-refractivity contribution in [1.29, 1.82) is 0 Å². The molecule has 0 fully saturated rings. The van der Waals surface area contributed by atoms with Crippen LogP contribution in [0.2, 0.25) is 0 Å². The third-order valence-corrected chi connectivity index (χ3v) is 7.27. The number of anilines is 4. The Labute approximate surface area is 278 Å². The molecule has 0 aliphatic carbocycles. The highest BCUT2D eigenvalue weighted by Crippen LogP contribution is 2.42. The first-order chi connectivity index (χ1) is 21.8. The van der Waals surface area contributed by atoms with E-state index < -0.39 is 0 Å². The Hall–Kier alpha value is -4.86. The predicted molar refractivity (Wildman–Crippen MR) is 187 cm³/mol. The van der Waals surface area contributed by atoms with Gasteiger partial charge in [0, 0.05) is 60.1 Å².